The lowest BCUT2D eigenvalue weighted by Crippen LogP contribution is -2.54. The van der Waals surface area contributed by atoms with Gasteiger partial charge in [-0.05, 0) is 24.6 Å². The number of halogens is 3. The van der Waals surface area contributed by atoms with Crippen LogP contribution in [0.5, 0.6) is 5.75 Å². The summed E-state index contributed by atoms with van der Waals surface area (Å²) in [5.41, 5.74) is -0.883. The molecule has 1 aliphatic rings. The second kappa shape index (κ2) is 6.46. The Morgan fingerprint density at radius 3 is 2.70 bits per heavy atom. The van der Waals surface area contributed by atoms with E-state index in [1.165, 1.54) is 11.0 Å². The number of aliphatic carboxylic acids is 1. The van der Waals surface area contributed by atoms with Crippen molar-refractivity contribution in [1.29, 1.82) is 0 Å². The number of ether oxygens (including phenoxy) is 1. The summed E-state index contributed by atoms with van der Waals surface area (Å²) in [4.78, 5) is 12.5. The summed E-state index contributed by atoms with van der Waals surface area (Å²) in [7, 11) is 0. The second-order valence-electron chi connectivity index (χ2n) is 4.84. The van der Waals surface area contributed by atoms with E-state index in [0.29, 0.717) is 13.0 Å². The molecule has 0 radical (unpaired) electrons. The average Bonchev–Trinajstić information content (AvgIpc) is 2.42. The van der Waals surface area contributed by atoms with Crippen LogP contribution in [0.4, 0.5) is 13.2 Å². The van der Waals surface area contributed by atoms with Crippen molar-refractivity contribution in [2.45, 2.75) is 18.6 Å². The number of terminal acetylenes is 1. The number of likely N-dealkylation sites (tertiary alicyclic amines) is 1. The zero-order chi connectivity index (χ0) is 17.2. The minimum absolute atomic E-state index is 0.0673. The van der Waals surface area contributed by atoms with Crippen LogP contribution in [0, 0.1) is 12.3 Å². The van der Waals surface area contributed by atoms with E-state index in [9.17, 15) is 18.0 Å². The predicted octanol–water partition coefficient (Wildman–Crippen LogP) is 2.55. The molecule has 2 rings (SSSR count). The predicted molar refractivity (Wildman–Crippen MR) is 80.2 cm³/mol. The summed E-state index contributed by atoms with van der Waals surface area (Å²) in [6, 6.07) is 2.55. The highest BCUT2D eigenvalue weighted by Crippen LogP contribution is 2.37. The number of thiocarbonyl (C=S) groups is 1. The molecule has 1 aromatic rings. The lowest BCUT2D eigenvalue weighted by molar-refractivity contribution is -0.145. The Labute approximate surface area is 135 Å². The van der Waals surface area contributed by atoms with Crippen molar-refractivity contribution < 1.29 is 27.8 Å². The third-order valence-electron chi connectivity index (χ3n) is 3.41. The largest absolute Gasteiger partial charge is 0.480 e. The van der Waals surface area contributed by atoms with Crippen LogP contribution in [-0.2, 0) is 11.0 Å². The van der Waals surface area contributed by atoms with Gasteiger partial charge in [-0.15, -0.1) is 6.42 Å². The Morgan fingerprint density at radius 1 is 1.52 bits per heavy atom. The molecule has 0 spiro atoms. The zero-order valence-electron chi connectivity index (χ0n) is 11.8. The molecule has 1 N–H and O–H groups in total. The smallest absolute Gasteiger partial charge is 0.419 e. The van der Waals surface area contributed by atoms with Gasteiger partial charge in [-0.1, -0.05) is 18.1 Å². The fourth-order valence-electron chi connectivity index (χ4n) is 2.18. The molecule has 8 heteroatoms. The number of alkyl halides is 3. The highest BCUT2D eigenvalue weighted by Gasteiger charge is 2.38. The van der Waals surface area contributed by atoms with Gasteiger partial charge in [-0.25, -0.2) is 4.79 Å². The first-order valence-electron chi connectivity index (χ1n) is 6.57. The van der Waals surface area contributed by atoms with Crippen LogP contribution in [0.1, 0.15) is 17.5 Å². The number of carbonyl (C=O) groups is 1. The van der Waals surface area contributed by atoms with Crippen molar-refractivity contribution in [2.75, 3.05) is 13.2 Å². The summed E-state index contributed by atoms with van der Waals surface area (Å²) in [6.07, 6.45) is 0.749. The van der Waals surface area contributed by atoms with E-state index < -0.39 is 23.8 Å². The van der Waals surface area contributed by atoms with Crippen LogP contribution < -0.4 is 4.74 Å². The maximum absolute atomic E-state index is 13.1. The molecule has 0 aliphatic carbocycles. The lowest BCUT2D eigenvalue weighted by Gasteiger charge is -2.40. The molecular formula is C15H12F3NO3S. The van der Waals surface area contributed by atoms with E-state index in [0.717, 1.165) is 12.1 Å². The molecule has 1 aliphatic heterocycles. The van der Waals surface area contributed by atoms with Crippen molar-refractivity contribution in [3.05, 3.63) is 29.3 Å². The van der Waals surface area contributed by atoms with Gasteiger partial charge in [0.1, 0.15) is 23.4 Å². The molecule has 0 bridgehead atoms. The SMILES string of the molecule is C#CCOc1ccc(C(=S)N2CC[C@@H]2C(=O)O)cc1C(F)(F)F. The number of carboxylic acid groups (broad SMARTS) is 1. The van der Waals surface area contributed by atoms with Gasteiger partial charge >= 0.3 is 12.1 Å². The Hall–Kier alpha value is -2.27. The molecule has 0 saturated carbocycles. The third-order valence-corrected chi connectivity index (χ3v) is 3.88. The summed E-state index contributed by atoms with van der Waals surface area (Å²) in [5.74, 6) is 0.657. The first-order chi connectivity index (χ1) is 10.8. The van der Waals surface area contributed by atoms with Crippen LogP contribution in [-0.4, -0.2) is 40.2 Å². The Balaban J connectivity index is 2.32. The standard InChI is InChI=1S/C15H12F3NO3S/c1-2-7-22-12-4-3-9(8-10(12)15(16,17)18)13(23)19-6-5-11(19)14(20)21/h1,3-4,8,11H,5-7H2,(H,20,21)/t11-/m1/s1. The molecule has 0 amide bonds. The average molecular weight is 343 g/mol. The minimum atomic E-state index is -4.64. The molecule has 4 nitrogen and oxygen atoms in total. The second-order valence-corrected chi connectivity index (χ2v) is 5.23. The van der Waals surface area contributed by atoms with Gasteiger partial charge in [0.05, 0.1) is 5.56 Å². The van der Waals surface area contributed by atoms with E-state index in [1.54, 1.807) is 0 Å². The Bertz CT molecular complexity index is 682. The van der Waals surface area contributed by atoms with Gasteiger partial charge in [0, 0.05) is 12.1 Å². The molecule has 1 aromatic carbocycles. The molecule has 1 saturated heterocycles. The van der Waals surface area contributed by atoms with Crippen molar-refractivity contribution in [3.63, 3.8) is 0 Å². The highest BCUT2D eigenvalue weighted by atomic mass is 32.1. The van der Waals surface area contributed by atoms with Crippen LogP contribution in [0.15, 0.2) is 18.2 Å². The van der Waals surface area contributed by atoms with Gasteiger partial charge < -0.3 is 14.7 Å². The fraction of sp³-hybridized carbons (Fsp3) is 0.333. The number of hydrogen-bond donors (Lipinski definition) is 1. The summed E-state index contributed by atoms with van der Waals surface area (Å²) >= 11 is 5.13. The number of benzene rings is 1. The monoisotopic (exact) mass is 343 g/mol. The number of nitrogens with zero attached hydrogens (tertiary/aromatic N) is 1. The maximum atomic E-state index is 13.1. The third kappa shape index (κ3) is 3.56. The van der Waals surface area contributed by atoms with Crippen LogP contribution in [0.25, 0.3) is 0 Å². The van der Waals surface area contributed by atoms with E-state index in [2.05, 4.69) is 5.92 Å². The zero-order valence-corrected chi connectivity index (χ0v) is 12.6. The van der Waals surface area contributed by atoms with Crippen molar-refractivity contribution >= 4 is 23.2 Å². The van der Waals surface area contributed by atoms with Gasteiger partial charge in [0.15, 0.2) is 0 Å². The van der Waals surface area contributed by atoms with Gasteiger partial charge in [0.2, 0.25) is 0 Å². The highest BCUT2D eigenvalue weighted by molar-refractivity contribution is 7.80. The lowest BCUT2D eigenvalue weighted by atomic mass is 10.0. The number of carboxylic acids is 1. The Kier molecular flexibility index (Phi) is 4.80. The molecule has 122 valence electrons. The van der Waals surface area contributed by atoms with Crippen LogP contribution >= 0.6 is 12.2 Å². The van der Waals surface area contributed by atoms with E-state index in [-0.39, 0.29) is 22.9 Å². The first kappa shape index (κ1) is 17.1. The van der Waals surface area contributed by atoms with Gasteiger partial charge in [-0.2, -0.15) is 13.2 Å². The molecule has 0 aromatic heterocycles. The number of rotatable bonds is 4. The normalized spacial score (nSPS) is 17.1. The molecular weight excluding hydrogens is 331 g/mol. The summed E-state index contributed by atoms with van der Waals surface area (Å²) in [6.45, 7) is 0.104. The summed E-state index contributed by atoms with van der Waals surface area (Å²) in [5, 5.41) is 9.00. The maximum Gasteiger partial charge on any atom is 0.419 e. The molecule has 23 heavy (non-hydrogen) atoms. The van der Waals surface area contributed by atoms with Crippen molar-refractivity contribution in [1.82, 2.24) is 4.90 Å². The van der Waals surface area contributed by atoms with E-state index >= 15 is 0 Å². The van der Waals surface area contributed by atoms with Crippen LogP contribution in [0.2, 0.25) is 0 Å². The van der Waals surface area contributed by atoms with Gasteiger partial charge in [0.25, 0.3) is 0 Å². The topological polar surface area (TPSA) is 49.8 Å². The quantitative estimate of drug-likeness (QED) is 0.673. The van der Waals surface area contributed by atoms with Crippen LogP contribution in [0.3, 0.4) is 0 Å². The molecule has 0 unspecified atom stereocenters. The molecule has 1 fully saturated rings. The van der Waals surface area contributed by atoms with E-state index in [4.69, 9.17) is 28.5 Å². The minimum Gasteiger partial charge on any atom is -0.480 e. The van der Waals surface area contributed by atoms with E-state index in [1.807, 2.05) is 0 Å². The first-order valence-corrected chi connectivity index (χ1v) is 6.98. The van der Waals surface area contributed by atoms with Crippen molar-refractivity contribution in [2.24, 2.45) is 0 Å². The van der Waals surface area contributed by atoms with Gasteiger partial charge in [-0.3, -0.25) is 0 Å². The fourth-order valence-corrected chi connectivity index (χ4v) is 2.53. The summed E-state index contributed by atoms with van der Waals surface area (Å²) < 4.78 is 44.3. The molecule has 1 atom stereocenters. The molecule has 1 heterocycles. The van der Waals surface area contributed by atoms with Crippen molar-refractivity contribution in [3.8, 4) is 18.1 Å². The number of hydrogen-bond acceptors (Lipinski definition) is 3. The Morgan fingerprint density at radius 2 is 2.22 bits per heavy atom.